The second-order valence-corrected chi connectivity index (χ2v) is 6.12. The number of anilines is 1. The maximum absolute atomic E-state index is 8.80. The molecular weight excluding hydrogens is 342 g/mol. The Morgan fingerprint density at radius 3 is 2.85 bits per heavy atom. The molecule has 2 aromatic heterocycles. The van der Waals surface area contributed by atoms with Crippen LogP contribution < -0.4 is 4.90 Å². The van der Waals surface area contributed by atoms with Crippen LogP contribution in [0.25, 0.3) is 0 Å². The van der Waals surface area contributed by atoms with Gasteiger partial charge in [0.1, 0.15) is 11.9 Å². The standard InChI is InChI=1S/C13H11BrClN5/c14-11-4-18-20(8-11)7-10-5-19(6-10)13-12(15)1-9(2-16)3-17-13/h1,3-4,8,10H,5-7H2. The van der Waals surface area contributed by atoms with Crippen molar-refractivity contribution >= 4 is 33.3 Å². The summed E-state index contributed by atoms with van der Waals surface area (Å²) in [6.07, 6.45) is 5.31. The number of nitriles is 1. The van der Waals surface area contributed by atoms with Gasteiger partial charge in [-0.2, -0.15) is 10.4 Å². The number of hydrogen-bond donors (Lipinski definition) is 0. The number of nitrogens with zero attached hydrogens (tertiary/aromatic N) is 5. The van der Waals surface area contributed by atoms with Crippen LogP contribution in [0.1, 0.15) is 5.56 Å². The van der Waals surface area contributed by atoms with Crippen LogP contribution in [0.15, 0.2) is 29.1 Å². The molecule has 3 heterocycles. The predicted molar refractivity (Wildman–Crippen MR) is 79.6 cm³/mol. The van der Waals surface area contributed by atoms with Crippen molar-refractivity contribution in [2.24, 2.45) is 5.92 Å². The van der Waals surface area contributed by atoms with Crippen LogP contribution in [0.5, 0.6) is 0 Å². The highest BCUT2D eigenvalue weighted by Crippen LogP contribution is 2.30. The van der Waals surface area contributed by atoms with Gasteiger partial charge in [-0.3, -0.25) is 4.68 Å². The molecule has 0 aliphatic carbocycles. The summed E-state index contributed by atoms with van der Waals surface area (Å²) in [4.78, 5) is 6.38. The molecule has 2 aromatic rings. The molecule has 0 amide bonds. The molecule has 1 fully saturated rings. The molecule has 3 rings (SSSR count). The van der Waals surface area contributed by atoms with Crippen LogP contribution in [0.3, 0.4) is 0 Å². The molecule has 7 heteroatoms. The summed E-state index contributed by atoms with van der Waals surface area (Å²) >= 11 is 9.53. The second kappa shape index (κ2) is 5.43. The van der Waals surface area contributed by atoms with Crippen LogP contribution in [-0.4, -0.2) is 27.9 Å². The predicted octanol–water partition coefficient (Wildman–Crippen LogP) is 2.70. The van der Waals surface area contributed by atoms with E-state index in [1.54, 1.807) is 18.5 Å². The number of pyridine rings is 1. The van der Waals surface area contributed by atoms with Crippen molar-refractivity contribution < 1.29 is 0 Å². The van der Waals surface area contributed by atoms with E-state index >= 15 is 0 Å². The number of halogens is 2. The first-order valence-electron chi connectivity index (χ1n) is 6.14. The minimum Gasteiger partial charge on any atom is -0.355 e. The second-order valence-electron chi connectivity index (χ2n) is 4.79. The average Bonchev–Trinajstić information content (AvgIpc) is 2.79. The summed E-state index contributed by atoms with van der Waals surface area (Å²) < 4.78 is 2.92. The van der Waals surface area contributed by atoms with Gasteiger partial charge in [-0.05, 0) is 22.0 Å². The monoisotopic (exact) mass is 351 g/mol. The van der Waals surface area contributed by atoms with Crippen molar-refractivity contribution in [3.63, 3.8) is 0 Å². The van der Waals surface area contributed by atoms with Crippen molar-refractivity contribution in [2.45, 2.75) is 6.54 Å². The fourth-order valence-electron chi connectivity index (χ4n) is 2.29. The molecule has 0 radical (unpaired) electrons. The molecule has 0 unspecified atom stereocenters. The molecule has 0 aromatic carbocycles. The Kier molecular flexibility index (Phi) is 3.64. The van der Waals surface area contributed by atoms with E-state index in [1.165, 1.54) is 0 Å². The molecule has 0 N–H and O–H groups in total. The molecule has 5 nitrogen and oxygen atoms in total. The highest BCUT2D eigenvalue weighted by molar-refractivity contribution is 9.10. The van der Waals surface area contributed by atoms with Gasteiger partial charge in [-0.1, -0.05) is 11.6 Å². The fraction of sp³-hybridized carbons (Fsp3) is 0.308. The first kappa shape index (κ1) is 13.4. The van der Waals surface area contributed by atoms with Gasteiger partial charge >= 0.3 is 0 Å². The van der Waals surface area contributed by atoms with Gasteiger partial charge in [0.15, 0.2) is 0 Å². The third-order valence-electron chi connectivity index (χ3n) is 3.25. The van der Waals surface area contributed by atoms with Crippen molar-refractivity contribution in [3.05, 3.63) is 39.7 Å². The van der Waals surface area contributed by atoms with Gasteiger partial charge in [0.25, 0.3) is 0 Å². The topological polar surface area (TPSA) is 57.7 Å². The quantitative estimate of drug-likeness (QED) is 0.852. The van der Waals surface area contributed by atoms with Gasteiger partial charge in [-0.15, -0.1) is 0 Å². The Morgan fingerprint density at radius 1 is 1.45 bits per heavy atom. The number of aromatic nitrogens is 3. The van der Waals surface area contributed by atoms with Gasteiger partial charge in [0.05, 0.1) is 21.3 Å². The first-order valence-corrected chi connectivity index (χ1v) is 7.31. The van der Waals surface area contributed by atoms with Crippen LogP contribution in [0.2, 0.25) is 5.02 Å². The van der Waals surface area contributed by atoms with E-state index in [1.807, 2.05) is 16.9 Å². The molecule has 1 aliphatic rings. The smallest absolute Gasteiger partial charge is 0.147 e. The Hall–Kier alpha value is -1.58. The Labute approximate surface area is 129 Å². The van der Waals surface area contributed by atoms with Crippen LogP contribution >= 0.6 is 27.5 Å². The zero-order valence-corrected chi connectivity index (χ0v) is 12.8. The molecule has 0 atom stereocenters. The van der Waals surface area contributed by atoms with Gasteiger partial charge in [0, 0.05) is 37.9 Å². The van der Waals surface area contributed by atoms with Gasteiger partial charge in [0.2, 0.25) is 0 Å². The normalized spacial score (nSPS) is 14.9. The minimum atomic E-state index is 0.484. The van der Waals surface area contributed by atoms with Crippen molar-refractivity contribution in [3.8, 4) is 6.07 Å². The molecular formula is C13H11BrClN5. The maximum atomic E-state index is 8.80. The first-order chi connectivity index (χ1) is 9.65. The summed E-state index contributed by atoms with van der Waals surface area (Å²) in [5.41, 5.74) is 0.484. The van der Waals surface area contributed by atoms with Crippen LogP contribution in [0.4, 0.5) is 5.82 Å². The third kappa shape index (κ3) is 2.65. The SMILES string of the molecule is N#Cc1cnc(N2CC(Cn3cc(Br)cn3)C2)c(Cl)c1. The molecule has 0 spiro atoms. The van der Waals surface area contributed by atoms with E-state index in [-0.39, 0.29) is 0 Å². The highest BCUT2D eigenvalue weighted by Gasteiger charge is 2.29. The lowest BCUT2D eigenvalue weighted by Crippen LogP contribution is -2.49. The number of hydrogen-bond acceptors (Lipinski definition) is 4. The summed E-state index contributed by atoms with van der Waals surface area (Å²) in [5.74, 6) is 1.29. The average molecular weight is 353 g/mol. The van der Waals surface area contributed by atoms with Crippen LogP contribution in [-0.2, 0) is 6.54 Å². The van der Waals surface area contributed by atoms with Crippen molar-refractivity contribution in [1.82, 2.24) is 14.8 Å². The summed E-state index contributed by atoms with van der Waals surface area (Å²) in [6.45, 7) is 2.68. The number of rotatable bonds is 3. The Bertz CT molecular complexity index is 672. The Balaban J connectivity index is 1.61. The molecule has 1 aliphatic heterocycles. The van der Waals surface area contributed by atoms with Crippen molar-refractivity contribution in [1.29, 1.82) is 5.26 Å². The molecule has 102 valence electrons. The maximum Gasteiger partial charge on any atom is 0.147 e. The van der Waals surface area contributed by atoms with Crippen molar-refractivity contribution in [2.75, 3.05) is 18.0 Å². The lowest BCUT2D eigenvalue weighted by molar-refractivity contribution is 0.340. The summed E-state index contributed by atoms with van der Waals surface area (Å²) in [7, 11) is 0. The zero-order chi connectivity index (χ0) is 14.1. The fourth-order valence-corrected chi connectivity index (χ4v) is 2.90. The lowest BCUT2D eigenvalue weighted by atomic mass is 10.0. The molecule has 0 bridgehead atoms. The van der Waals surface area contributed by atoms with Gasteiger partial charge < -0.3 is 4.90 Å². The molecule has 20 heavy (non-hydrogen) atoms. The molecule has 1 saturated heterocycles. The summed E-state index contributed by atoms with van der Waals surface area (Å²) in [5, 5.41) is 13.6. The van der Waals surface area contributed by atoms with E-state index in [2.05, 4.69) is 30.9 Å². The van der Waals surface area contributed by atoms with Crippen LogP contribution in [0, 0.1) is 17.2 Å². The zero-order valence-electron chi connectivity index (χ0n) is 10.5. The van der Waals surface area contributed by atoms with E-state index in [9.17, 15) is 0 Å². The van der Waals surface area contributed by atoms with E-state index in [0.717, 1.165) is 29.9 Å². The lowest BCUT2D eigenvalue weighted by Gasteiger charge is -2.40. The Morgan fingerprint density at radius 2 is 2.25 bits per heavy atom. The minimum absolute atomic E-state index is 0.484. The van der Waals surface area contributed by atoms with E-state index in [0.29, 0.717) is 16.5 Å². The highest BCUT2D eigenvalue weighted by atomic mass is 79.9. The molecule has 0 saturated carbocycles. The summed E-state index contributed by atoms with van der Waals surface area (Å²) in [6, 6.07) is 3.69. The largest absolute Gasteiger partial charge is 0.355 e. The van der Waals surface area contributed by atoms with E-state index < -0.39 is 0 Å². The third-order valence-corrected chi connectivity index (χ3v) is 3.94. The van der Waals surface area contributed by atoms with Gasteiger partial charge in [-0.25, -0.2) is 4.98 Å². The van der Waals surface area contributed by atoms with E-state index in [4.69, 9.17) is 16.9 Å².